The number of aromatic nitrogens is 1. The van der Waals surface area contributed by atoms with Gasteiger partial charge in [-0.2, -0.15) is 0 Å². The minimum absolute atomic E-state index is 0.0176. The van der Waals surface area contributed by atoms with Crippen LogP contribution in [0.15, 0.2) is 40.5 Å². The maximum absolute atomic E-state index is 11.2. The molecular formula is C16H22N2OS. The van der Waals surface area contributed by atoms with E-state index in [2.05, 4.69) is 41.5 Å². The number of aromatic amines is 1. The molecule has 20 heavy (non-hydrogen) atoms. The highest BCUT2D eigenvalue weighted by Gasteiger charge is 2.10. The quantitative estimate of drug-likeness (QED) is 0.725. The molecule has 0 aliphatic heterocycles. The Balaban J connectivity index is 1.97. The Morgan fingerprint density at radius 3 is 2.70 bits per heavy atom. The van der Waals surface area contributed by atoms with Crippen molar-refractivity contribution in [2.75, 3.05) is 0 Å². The molecule has 0 aliphatic carbocycles. The summed E-state index contributed by atoms with van der Waals surface area (Å²) in [6.07, 6.45) is 4.86. The second-order valence-electron chi connectivity index (χ2n) is 5.01. The van der Waals surface area contributed by atoms with Crippen molar-refractivity contribution in [3.8, 4) is 0 Å². The van der Waals surface area contributed by atoms with E-state index in [1.165, 1.54) is 36.2 Å². The average molecular weight is 290 g/mol. The summed E-state index contributed by atoms with van der Waals surface area (Å²) in [6.45, 7) is 2.94. The molecule has 0 amide bonds. The smallest absolute Gasteiger partial charge is 0.304 e. The van der Waals surface area contributed by atoms with Crippen LogP contribution < -0.4 is 10.2 Å². The van der Waals surface area contributed by atoms with Crippen molar-refractivity contribution in [2.45, 2.75) is 45.2 Å². The Labute approximate surface area is 124 Å². The molecule has 0 bridgehead atoms. The average Bonchev–Trinajstić information content (AvgIpc) is 2.89. The summed E-state index contributed by atoms with van der Waals surface area (Å²) in [5.41, 5.74) is 2.29. The highest BCUT2D eigenvalue weighted by Crippen LogP contribution is 2.20. The van der Waals surface area contributed by atoms with Crippen LogP contribution in [0.2, 0.25) is 0 Å². The van der Waals surface area contributed by atoms with Gasteiger partial charge in [-0.15, -0.1) is 0 Å². The van der Waals surface area contributed by atoms with Crippen molar-refractivity contribution in [2.24, 2.45) is 0 Å². The van der Waals surface area contributed by atoms with Crippen molar-refractivity contribution >= 4 is 11.3 Å². The summed E-state index contributed by atoms with van der Waals surface area (Å²) in [7, 11) is 0. The first-order valence-electron chi connectivity index (χ1n) is 7.24. The zero-order valence-corrected chi connectivity index (χ0v) is 12.7. The third kappa shape index (κ3) is 4.62. The van der Waals surface area contributed by atoms with Gasteiger partial charge >= 0.3 is 4.87 Å². The number of thiazole rings is 1. The third-order valence-electron chi connectivity index (χ3n) is 3.41. The molecule has 0 radical (unpaired) electrons. The lowest BCUT2D eigenvalue weighted by molar-refractivity contribution is 0.471. The number of benzene rings is 1. The third-order valence-corrected chi connectivity index (χ3v) is 4.13. The molecule has 3 nitrogen and oxygen atoms in total. The van der Waals surface area contributed by atoms with Crippen LogP contribution in [0, 0.1) is 0 Å². The van der Waals surface area contributed by atoms with E-state index in [9.17, 15) is 4.79 Å². The molecule has 1 aromatic heterocycles. The molecule has 1 atom stereocenters. The van der Waals surface area contributed by atoms with Crippen LogP contribution in [0.4, 0.5) is 0 Å². The number of hydrogen-bond donors (Lipinski definition) is 2. The Hall–Kier alpha value is -1.39. The normalized spacial score (nSPS) is 12.4. The van der Waals surface area contributed by atoms with Gasteiger partial charge in [-0.1, -0.05) is 67.9 Å². The minimum Gasteiger partial charge on any atom is -0.315 e. The van der Waals surface area contributed by atoms with E-state index in [1.807, 2.05) is 11.4 Å². The van der Waals surface area contributed by atoms with Crippen LogP contribution in [0.3, 0.4) is 0 Å². The number of hydrogen-bond acceptors (Lipinski definition) is 3. The molecule has 0 aliphatic rings. The molecule has 0 saturated carbocycles. The van der Waals surface area contributed by atoms with Crippen molar-refractivity contribution in [3.63, 3.8) is 0 Å². The predicted octanol–water partition coefficient (Wildman–Crippen LogP) is 3.85. The van der Waals surface area contributed by atoms with Crippen molar-refractivity contribution in [3.05, 3.63) is 56.6 Å². The van der Waals surface area contributed by atoms with E-state index >= 15 is 0 Å². The molecule has 1 unspecified atom stereocenters. The second kappa shape index (κ2) is 8.02. The zero-order valence-electron chi connectivity index (χ0n) is 11.9. The van der Waals surface area contributed by atoms with E-state index in [4.69, 9.17) is 0 Å². The fourth-order valence-corrected chi connectivity index (χ4v) is 2.89. The first kappa shape index (κ1) is 15.0. The molecule has 2 rings (SSSR count). The van der Waals surface area contributed by atoms with E-state index in [0.717, 1.165) is 12.1 Å². The van der Waals surface area contributed by atoms with Gasteiger partial charge in [0.15, 0.2) is 0 Å². The van der Waals surface area contributed by atoms with E-state index in [0.29, 0.717) is 12.6 Å². The van der Waals surface area contributed by atoms with Gasteiger partial charge in [0, 0.05) is 23.7 Å². The zero-order chi connectivity index (χ0) is 14.2. The maximum Gasteiger partial charge on any atom is 0.304 e. The summed E-state index contributed by atoms with van der Waals surface area (Å²) < 4.78 is 0. The van der Waals surface area contributed by atoms with Gasteiger partial charge in [-0.3, -0.25) is 4.79 Å². The minimum atomic E-state index is 0.0176. The summed E-state index contributed by atoms with van der Waals surface area (Å²) in [5, 5.41) is 5.45. The van der Waals surface area contributed by atoms with Crippen LogP contribution in [-0.4, -0.2) is 4.98 Å². The monoisotopic (exact) mass is 290 g/mol. The molecule has 0 spiro atoms. The maximum atomic E-state index is 11.2. The van der Waals surface area contributed by atoms with Crippen LogP contribution in [0.5, 0.6) is 0 Å². The predicted molar refractivity (Wildman–Crippen MR) is 85.1 cm³/mol. The van der Waals surface area contributed by atoms with Crippen LogP contribution in [-0.2, 0) is 6.54 Å². The lowest BCUT2D eigenvalue weighted by atomic mass is 10.0. The number of nitrogens with one attached hydrogen (secondary N) is 2. The topological polar surface area (TPSA) is 44.9 Å². The molecule has 0 saturated heterocycles. The van der Waals surface area contributed by atoms with Gasteiger partial charge in [-0.25, -0.2) is 0 Å². The Kier molecular flexibility index (Phi) is 6.02. The summed E-state index contributed by atoms with van der Waals surface area (Å²) in [4.78, 5) is 14.0. The summed E-state index contributed by atoms with van der Waals surface area (Å²) in [5.74, 6) is 0. The van der Waals surface area contributed by atoms with Crippen molar-refractivity contribution in [1.29, 1.82) is 0 Å². The Bertz CT molecular complexity index is 547. The van der Waals surface area contributed by atoms with Gasteiger partial charge < -0.3 is 10.3 Å². The van der Waals surface area contributed by atoms with Crippen molar-refractivity contribution in [1.82, 2.24) is 10.3 Å². The molecule has 108 valence electrons. The molecule has 0 fully saturated rings. The molecule has 2 aromatic rings. The SMILES string of the molecule is CCCCCC(NCc1csc(=O)[nH]1)c1ccccc1. The first-order valence-corrected chi connectivity index (χ1v) is 8.12. The first-order chi connectivity index (χ1) is 9.79. The Morgan fingerprint density at radius 2 is 2.05 bits per heavy atom. The number of rotatable bonds is 8. The lowest BCUT2D eigenvalue weighted by Gasteiger charge is -2.19. The van der Waals surface area contributed by atoms with Gasteiger partial charge in [0.05, 0.1) is 0 Å². The van der Waals surface area contributed by atoms with Gasteiger partial charge in [0.25, 0.3) is 0 Å². The van der Waals surface area contributed by atoms with Gasteiger partial charge in [0.2, 0.25) is 0 Å². The van der Waals surface area contributed by atoms with E-state index < -0.39 is 0 Å². The second-order valence-corrected chi connectivity index (χ2v) is 5.86. The molecule has 2 N–H and O–H groups in total. The van der Waals surface area contributed by atoms with Crippen LogP contribution in [0.1, 0.15) is 49.9 Å². The van der Waals surface area contributed by atoms with Gasteiger partial charge in [0.1, 0.15) is 0 Å². The van der Waals surface area contributed by atoms with E-state index in [1.54, 1.807) is 0 Å². The Morgan fingerprint density at radius 1 is 1.25 bits per heavy atom. The molecule has 1 aromatic carbocycles. The number of unbranched alkanes of at least 4 members (excludes halogenated alkanes) is 2. The van der Waals surface area contributed by atoms with Crippen LogP contribution >= 0.6 is 11.3 Å². The molecular weight excluding hydrogens is 268 g/mol. The molecule has 1 heterocycles. The van der Waals surface area contributed by atoms with E-state index in [-0.39, 0.29) is 4.87 Å². The molecule has 4 heteroatoms. The van der Waals surface area contributed by atoms with Crippen molar-refractivity contribution < 1.29 is 0 Å². The fourth-order valence-electron chi connectivity index (χ4n) is 2.30. The number of H-pyrrole nitrogens is 1. The lowest BCUT2D eigenvalue weighted by Crippen LogP contribution is -2.21. The standard InChI is InChI=1S/C16H22N2OS/c1-2-3-5-10-15(13-8-6-4-7-9-13)17-11-14-12-20-16(19)18-14/h4,6-9,12,15,17H,2-3,5,10-11H2,1H3,(H,18,19). The summed E-state index contributed by atoms with van der Waals surface area (Å²) in [6, 6.07) is 10.9. The highest BCUT2D eigenvalue weighted by molar-refractivity contribution is 7.07. The summed E-state index contributed by atoms with van der Waals surface area (Å²) >= 11 is 1.22. The van der Waals surface area contributed by atoms with Gasteiger partial charge in [-0.05, 0) is 12.0 Å². The highest BCUT2D eigenvalue weighted by atomic mass is 32.1. The fraction of sp³-hybridized carbons (Fsp3) is 0.438. The largest absolute Gasteiger partial charge is 0.315 e. The van der Waals surface area contributed by atoms with Crippen LogP contribution in [0.25, 0.3) is 0 Å².